The van der Waals surface area contributed by atoms with E-state index in [2.05, 4.69) is 27.7 Å². The van der Waals surface area contributed by atoms with E-state index in [9.17, 15) is 0 Å². The van der Waals surface area contributed by atoms with Gasteiger partial charge in [-0.15, -0.1) is 0 Å². The lowest BCUT2D eigenvalue weighted by molar-refractivity contribution is 0.377. The number of nitrogens with one attached hydrogen (secondary N) is 1. The Morgan fingerprint density at radius 1 is 1.82 bits per heavy atom. The van der Waals surface area contributed by atoms with E-state index in [1.54, 1.807) is 0 Å². The van der Waals surface area contributed by atoms with Crippen LogP contribution in [-0.4, -0.2) is 21.8 Å². The molecule has 1 aromatic rings. The molecule has 1 heterocycles. The molecule has 3 N–H and O–H groups in total. The Morgan fingerprint density at radius 3 is 3.18 bits per heavy atom. The molecule has 0 aliphatic heterocycles. The van der Waals surface area contributed by atoms with Gasteiger partial charge in [0.25, 0.3) is 0 Å². The Labute approximate surface area is 69.0 Å². The van der Waals surface area contributed by atoms with Crippen LogP contribution in [0, 0.1) is 0 Å². The van der Waals surface area contributed by atoms with Gasteiger partial charge in [0.15, 0.2) is 11.4 Å². The first-order valence-corrected chi connectivity index (χ1v) is 3.48. The lowest BCUT2D eigenvalue weighted by atomic mass is 10.4. The summed E-state index contributed by atoms with van der Waals surface area (Å²) in [6.07, 6.45) is 1.99. The standard InChI is InChI=1S/C5H8N4OS/c6-5(11)7-2-1-4-8-3-9-10-4/h3H,1-2H2,(H3,6,7,11). The number of hydrogen-bond donors (Lipinski definition) is 2. The van der Waals surface area contributed by atoms with Gasteiger partial charge < -0.3 is 15.6 Å². The first-order valence-electron chi connectivity index (χ1n) is 3.08. The predicted octanol–water partition coefficient (Wildman–Crippen LogP) is -0.555. The zero-order valence-electron chi connectivity index (χ0n) is 5.78. The van der Waals surface area contributed by atoms with Crippen LogP contribution in [0.4, 0.5) is 0 Å². The maximum atomic E-state index is 5.19. The molecule has 0 amide bonds. The highest BCUT2D eigenvalue weighted by Crippen LogP contribution is 1.89. The molecule has 0 aliphatic rings. The molecule has 6 heteroatoms. The van der Waals surface area contributed by atoms with Crippen molar-refractivity contribution in [2.45, 2.75) is 6.42 Å². The maximum Gasteiger partial charge on any atom is 0.228 e. The Bertz CT molecular complexity index is 222. The van der Waals surface area contributed by atoms with Gasteiger partial charge in [0.05, 0.1) is 0 Å². The summed E-state index contributed by atoms with van der Waals surface area (Å²) in [7, 11) is 0. The van der Waals surface area contributed by atoms with Gasteiger partial charge in [0.1, 0.15) is 0 Å². The molecule has 1 aromatic heterocycles. The number of aromatic nitrogens is 2. The van der Waals surface area contributed by atoms with Crippen LogP contribution >= 0.6 is 12.2 Å². The molecule has 0 saturated carbocycles. The van der Waals surface area contributed by atoms with Crippen molar-refractivity contribution in [3.05, 3.63) is 12.2 Å². The number of nitrogens with zero attached hydrogens (tertiary/aromatic N) is 2. The highest BCUT2D eigenvalue weighted by molar-refractivity contribution is 7.80. The first kappa shape index (κ1) is 7.93. The monoisotopic (exact) mass is 172 g/mol. The summed E-state index contributed by atoms with van der Waals surface area (Å²) >= 11 is 4.59. The van der Waals surface area contributed by atoms with Gasteiger partial charge in [-0.1, -0.05) is 5.16 Å². The van der Waals surface area contributed by atoms with E-state index >= 15 is 0 Å². The molecular weight excluding hydrogens is 164 g/mol. The van der Waals surface area contributed by atoms with Gasteiger partial charge in [-0.2, -0.15) is 4.98 Å². The summed E-state index contributed by atoms with van der Waals surface area (Å²) in [4.78, 5) is 3.81. The summed E-state index contributed by atoms with van der Waals surface area (Å²) in [5.41, 5.74) is 5.19. The van der Waals surface area contributed by atoms with Crippen molar-refractivity contribution in [2.75, 3.05) is 6.54 Å². The second kappa shape index (κ2) is 3.87. The average Bonchev–Trinajstić information content (AvgIpc) is 2.39. The second-order valence-electron chi connectivity index (χ2n) is 1.88. The topological polar surface area (TPSA) is 77.0 Å². The smallest absolute Gasteiger partial charge is 0.228 e. The minimum absolute atomic E-state index is 0.282. The Hall–Kier alpha value is -1.17. The molecule has 0 atom stereocenters. The molecule has 0 saturated heterocycles. The maximum absolute atomic E-state index is 5.19. The van der Waals surface area contributed by atoms with Crippen molar-refractivity contribution in [3.63, 3.8) is 0 Å². The molecule has 1 rings (SSSR count). The SMILES string of the molecule is NC(=S)NCCc1ncno1. The van der Waals surface area contributed by atoms with Gasteiger partial charge in [0, 0.05) is 13.0 Å². The van der Waals surface area contributed by atoms with Crippen LogP contribution < -0.4 is 11.1 Å². The number of thiocarbonyl (C=S) groups is 1. The molecule has 0 spiro atoms. The summed E-state index contributed by atoms with van der Waals surface area (Å²) in [5.74, 6) is 0.578. The quantitative estimate of drug-likeness (QED) is 0.595. The van der Waals surface area contributed by atoms with Crippen molar-refractivity contribution in [1.29, 1.82) is 0 Å². The van der Waals surface area contributed by atoms with Gasteiger partial charge in [-0.25, -0.2) is 0 Å². The molecule has 0 aliphatic carbocycles. The fourth-order valence-corrected chi connectivity index (χ4v) is 0.701. The van der Waals surface area contributed by atoms with Crippen molar-refractivity contribution in [2.24, 2.45) is 5.73 Å². The van der Waals surface area contributed by atoms with E-state index in [0.29, 0.717) is 18.9 Å². The van der Waals surface area contributed by atoms with Crippen molar-refractivity contribution < 1.29 is 4.52 Å². The highest BCUT2D eigenvalue weighted by atomic mass is 32.1. The minimum Gasteiger partial charge on any atom is -0.376 e. The van der Waals surface area contributed by atoms with E-state index in [-0.39, 0.29) is 5.11 Å². The average molecular weight is 172 g/mol. The molecular formula is C5H8N4OS. The minimum atomic E-state index is 0.282. The van der Waals surface area contributed by atoms with Crippen LogP contribution in [0.5, 0.6) is 0 Å². The predicted molar refractivity (Wildman–Crippen MR) is 42.8 cm³/mol. The molecule has 0 bridgehead atoms. The zero-order chi connectivity index (χ0) is 8.10. The van der Waals surface area contributed by atoms with E-state index in [4.69, 9.17) is 10.3 Å². The molecule has 11 heavy (non-hydrogen) atoms. The normalized spacial score (nSPS) is 9.45. The van der Waals surface area contributed by atoms with Crippen molar-refractivity contribution >= 4 is 17.3 Å². The molecule has 0 unspecified atom stereocenters. The second-order valence-corrected chi connectivity index (χ2v) is 2.32. The summed E-state index contributed by atoms with van der Waals surface area (Å²) in [5, 5.41) is 6.49. The molecule has 0 aromatic carbocycles. The third-order valence-corrected chi connectivity index (χ3v) is 1.19. The third kappa shape index (κ3) is 2.94. The van der Waals surface area contributed by atoms with Gasteiger partial charge in [0.2, 0.25) is 5.89 Å². The van der Waals surface area contributed by atoms with Crippen LogP contribution in [0.3, 0.4) is 0 Å². The summed E-state index contributed by atoms with van der Waals surface area (Å²) in [6, 6.07) is 0. The fourth-order valence-electron chi connectivity index (χ4n) is 0.599. The van der Waals surface area contributed by atoms with Crippen molar-refractivity contribution in [1.82, 2.24) is 15.5 Å². The van der Waals surface area contributed by atoms with E-state index in [1.165, 1.54) is 6.33 Å². The number of nitrogens with two attached hydrogens (primary N) is 1. The van der Waals surface area contributed by atoms with Gasteiger partial charge >= 0.3 is 0 Å². The molecule has 0 fully saturated rings. The van der Waals surface area contributed by atoms with Crippen molar-refractivity contribution in [3.8, 4) is 0 Å². The first-order chi connectivity index (χ1) is 5.29. The Balaban J connectivity index is 2.19. The zero-order valence-corrected chi connectivity index (χ0v) is 6.60. The summed E-state index contributed by atoms with van der Waals surface area (Å²) in [6.45, 7) is 0.623. The van der Waals surface area contributed by atoms with Crippen LogP contribution in [0.2, 0.25) is 0 Å². The Morgan fingerprint density at radius 2 is 2.64 bits per heavy atom. The van der Waals surface area contributed by atoms with E-state index in [1.807, 2.05) is 0 Å². The number of hydrogen-bond acceptors (Lipinski definition) is 4. The lowest BCUT2D eigenvalue weighted by Gasteiger charge is -1.98. The van der Waals surface area contributed by atoms with Crippen LogP contribution in [0.25, 0.3) is 0 Å². The lowest BCUT2D eigenvalue weighted by Crippen LogP contribution is -2.30. The van der Waals surface area contributed by atoms with Crippen LogP contribution in [0.15, 0.2) is 10.9 Å². The fraction of sp³-hybridized carbons (Fsp3) is 0.400. The van der Waals surface area contributed by atoms with Gasteiger partial charge in [-0.3, -0.25) is 0 Å². The largest absolute Gasteiger partial charge is 0.376 e. The number of rotatable bonds is 3. The summed E-state index contributed by atoms with van der Waals surface area (Å²) < 4.78 is 4.73. The third-order valence-electron chi connectivity index (χ3n) is 1.05. The van der Waals surface area contributed by atoms with Crippen LogP contribution in [-0.2, 0) is 6.42 Å². The van der Waals surface area contributed by atoms with Crippen LogP contribution in [0.1, 0.15) is 5.89 Å². The van der Waals surface area contributed by atoms with E-state index < -0.39 is 0 Å². The molecule has 60 valence electrons. The van der Waals surface area contributed by atoms with E-state index in [0.717, 1.165) is 0 Å². The van der Waals surface area contributed by atoms with Gasteiger partial charge in [-0.05, 0) is 12.2 Å². The molecule has 5 nitrogen and oxygen atoms in total. The highest BCUT2D eigenvalue weighted by Gasteiger charge is 1.97. The Kier molecular flexibility index (Phi) is 2.79. The molecule has 0 radical (unpaired) electrons.